The second-order valence-electron chi connectivity index (χ2n) is 8.13. The molecule has 2 N–H and O–H groups in total. The molecule has 1 aliphatic rings. The normalized spacial score (nSPS) is 14.6. The van der Waals surface area contributed by atoms with Gasteiger partial charge in [-0.2, -0.15) is 0 Å². The average molecular weight is 564 g/mol. The maximum absolute atomic E-state index is 13.3. The van der Waals surface area contributed by atoms with Crippen LogP contribution in [0.5, 0.6) is 5.75 Å². The zero-order valence-electron chi connectivity index (χ0n) is 19.5. The van der Waals surface area contributed by atoms with E-state index in [0.717, 1.165) is 11.1 Å². The van der Waals surface area contributed by atoms with Crippen molar-refractivity contribution in [3.63, 3.8) is 0 Å². The molecule has 1 fully saturated rings. The van der Waals surface area contributed by atoms with Gasteiger partial charge in [0.1, 0.15) is 11.3 Å². The molecule has 1 saturated heterocycles. The first-order valence-corrected chi connectivity index (χ1v) is 12.2. The summed E-state index contributed by atoms with van der Waals surface area (Å²) < 4.78 is 6.49. The van der Waals surface area contributed by atoms with Gasteiger partial charge in [-0.25, -0.2) is 0 Å². The highest BCUT2D eigenvalue weighted by Gasteiger charge is 2.34. The molecule has 36 heavy (non-hydrogen) atoms. The quantitative estimate of drug-likeness (QED) is 0.252. The summed E-state index contributed by atoms with van der Waals surface area (Å²) in [6.07, 6.45) is 1.43. The molecule has 3 aromatic rings. The molecule has 9 heteroatoms. The van der Waals surface area contributed by atoms with Crippen LogP contribution in [-0.2, 0) is 14.4 Å². The van der Waals surface area contributed by atoms with E-state index in [2.05, 4.69) is 26.6 Å². The standard InChI is InChI=1S/C27H22BrN3O4S/c1-16-8-9-17(2)22(12-16)29-24(32)15-35-23-11-10-19(28)13-18(23)14-21-25(33)30-27(36)31(26(21)34)20-6-4-3-5-7-20/h3-14H,15H2,1-2H3,(H,29,32)(H,30,33,36)/b21-14-. The summed E-state index contributed by atoms with van der Waals surface area (Å²) in [6, 6.07) is 19.7. The molecule has 4 rings (SSSR count). The number of carbonyl (C=O) groups is 3. The van der Waals surface area contributed by atoms with E-state index in [1.165, 1.54) is 11.0 Å². The first kappa shape index (κ1) is 25.3. The van der Waals surface area contributed by atoms with Crippen LogP contribution in [0.1, 0.15) is 16.7 Å². The van der Waals surface area contributed by atoms with Crippen LogP contribution in [0.15, 0.2) is 76.8 Å². The minimum absolute atomic E-state index is 0.00202. The van der Waals surface area contributed by atoms with Gasteiger partial charge in [0.2, 0.25) is 0 Å². The first-order chi connectivity index (χ1) is 17.2. The molecule has 1 aliphatic heterocycles. The maximum Gasteiger partial charge on any atom is 0.270 e. The van der Waals surface area contributed by atoms with Crippen LogP contribution in [0.2, 0.25) is 0 Å². The highest BCUT2D eigenvalue weighted by atomic mass is 79.9. The number of anilines is 2. The molecule has 0 radical (unpaired) electrons. The molecule has 182 valence electrons. The fourth-order valence-corrected chi connectivity index (χ4v) is 4.25. The molecule has 0 bridgehead atoms. The smallest absolute Gasteiger partial charge is 0.270 e. The molecular weight excluding hydrogens is 542 g/mol. The second-order valence-corrected chi connectivity index (χ2v) is 9.43. The lowest BCUT2D eigenvalue weighted by Crippen LogP contribution is -2.54. The van der Waals surface area contributed by atoms with Crippen molar-refractivity contribution in [1.29, 1.82) is 0 Å². The van der Waals surface area contributed by atoms with Crippen LogP contribution in [0.3, 0.4) is 0 Å². The number of para-hydroxylation sites is 1. The summed E-state index contributed by atoms with van der Waals surface area (Å²) in [6.45, 7) is 3.60. The molecule has 0 aromatic heterocycles. The largest absolute Gasteiger partial charge is 0.483 e. The monoisotopic (exact) mass is 563 g/mol. The van der Waals surface area contributed by atoms with E-state index in [-0.39, 0.29) is 23.2 Å². The van der Waals surface area contributed by atoms with Crippen molar-refractivity contribution in [1.82, 2.24) is 5.32 Å². The summed E-state index contributed by atoms with van der Waals surface area (Å²) >= 11 is 8.65. The van der Waals surface area contributed by atoms with Crippen LogP contribution >= 0.6 is 28.1 Å². The van der Waals surface area contributed by atoms with Crippen molar-refractivity contribution >= 4 is 68.4 Å². The average Bonchev–Trinajstić information content (AvgIpc) is 2.84. The van der Waals surface area contributed by atoms with Crippen molar-refractivity contribution in [3.8, 4) is 5.75 Å². The highest BCUT2D eigenvalue weighted by Crippen LogP contribution is 2.28. The summed E-state index contributed by atoms with van der Waals surface area (Å²) in [7, 11) is 0. The molecule has 7 nitrogen and oxygen atoms in total. The molecular formula is C27H22BrN3O4S. The third kappa shape index (κ3) is 5.69. The van der Waals surface area contributed by atoms with Gasteiger partial charge in [-0.15, -0.1) is 0 Å². The van der Waals surface area contributed by atoms with Gasteiger partial charge < -0.3 is 10.1 Å². The van der Waals surface area contributed by atoms with Crippen LogP contribution in [0.25, 0.3) is 6.08 Å². The lowest BCUT2D eigenvalue weighted by atomic mass is 10.1. The van der Waals surface area contributed by atoms with Crippen molar-refractivity contribution in [2.24, 2.45) is 0 Å². The Kier molecular flexibility index (Phi) is 7.61. The van der Waals surface area contributed by atoms with Crippen molar-refractivity contribution < 1.29 is 19.1 Å². The Labute approximate surface area is 222 Å². The predicted molar refractivity (Wildman–Crippen MR) is 147 cm³/mol. The fourth-order valence-electron chi connectivity index (χ4n) is 3.59. The number of rotatable bonds is 6. The lowest BCUT2D eigenvalue weighted by molar-refractivity contribution is -0.122. The second kappa shape index (κ2) is 10.8. The molecule has 0 unspecified atom stereocenters. The van der Waals surface area contributed by atoms with E-state index in [4.69, 9.17) is 17.0 Å². The molecule has 0 spiro atoms. The van der Waals surface area contributed by atoms with E-state index in [1.807, 2.05) is 38.1 Å². The number of hydrogen-bond acceptors (Lipinski definition) is 5. The van der Waals surface area contributed by atoms with Crippen molar-refractivity contribution in [2.75, 3.05) is 16.8 Å². The Morgan fingerprint density at radius 1 is 1.08 bits per heavy atom. The van der Waals surface area contributed by atoms with Crippen molar-refractivity contribution in [2.45, 2.75) is 13.8 Å². The van der Waals surface area contributed by atoms with E-state index in [0.29, 0.717) is 27.2 Å². The molecule has 0 aliphatic carbocycles. The molecule has 1 heterocycles. The van der Waals surface area contributed by atoms with Gasteiger partial charge >= 0.3 is 0 Å². The maximum atomic E-state index is 13.3. The van der Waals surface area contributed by atoms with Gasteiger partial charge in [-0.3, -0.25) is 24.6 Å². The number of nitrogens with one attached hydrogen (secondary N) is 2. The third-order valence-electron chi connectivity index (χ3n) is 5.41. The topological polar surface area (TPSA) is 87.7 Å². The van der Waals surface area contributed by atoms with Gasteiger partial charge in [-0.05, 0) is 79.7 Å². The van der Waals surface area contributed by atoms with Gasteiger partial charge in [0.05, 0.1) is 5.69 Å². The Morgan fingerprint density at radius 3 is 2.58 bits per heavy atom. The van der Waals surface area contributed by atoms with Gasteiger partial charge in [-0.1, -0.05) is 46.3 Å². The van der Waals surface area contributed by atoms with Gasteiger partial charge in [0.15, 0.2) is 11.7 Å². The highest BCUT2D eigenvalue weighted by molar-refractivity contribution is 9.10. The van der Waals surface area contributed by atoms with E-state index in [1.54, 1.807) is 42.5 Å². The fraction of sp³-hybridized carbons (Fsp3) is 0.111. The van der Waals surface area contributed by atoms with Crippen LogP contribution in [0, 0.1) is 13.8 Å². The number of halogens is 1. The number of aryl methyl sites for hydroxylation is 2. The number of amides is 3. The number of thiocarbonyl (C=S) groups is 1. The molecule has 3 aromatic carbocycles. The Morgan fingerprint density at radius 2 is 1.83 bits per heavy atom. The number of carbonyl (C=O) groups excluding carboxylic acids is 3. The molecule has 0 saturated carbocycles. The van der Waals surface area contributed by atoms with Crippen LogP contribution in [-0.4, -0.2) is 29.4 Å². The number of hydrogen-bond donors (Lipinski definition) is 2. The van der Waals surface area contributed by atoms with Crippen molar-refractivity contribution in [3.05, 3.63) is 93.5 Å². The first-order valence-electron chi connectivity index (χ1n) is 11.0. The Balaban J connectivity index is 1.58. The Bertz CT molecular complexity index is 1410. The number of nitrogens with zero attached hydrogens (tertiary/aromatic N) is 1. The number of benzene rings is 3. The van der Waals surface area contributed by atoms with E-state index < -0.39 is 11.8 Å². The van der Waals surface area contributed by atoms with Gasteiger partial charge in [0.25, 0.3) is 17.7 Å². The lowest BCUT2D eigenvalue weighted by Gasteiger charge is -2.29. The summed E-state index contributed by atoms with van der Waals surface area (Å²) in [5.41, 5.74) is 3.54. The van der Waals surface area contributed by atoms with E-state index in [9.17, 15) is 14.4 Å². The predicted octanol–water partition coefficient (Wildman–Crippen LogP) is 4.91. The Hall–Kier alpha value is -3.82. The molecule has 3 amide bonds. The minimum Gasteiger partial charge on any atom is -0.483 e. The summed E-state index contributed by atoms with van der Waals surface area (Å²) in [5, 5.41) is 5.41. The van der Waals surface area contributed by atoms with Crippen LogP contribution in [0.4, 0.5) is 11.4 Å². The summed E-state index contributed by atoms with van der Waals surface area (Å²) in [5.74, 6) is -1.18. The minimum atomic E-state index is -0.615. The third-order valence-corrected chi connectivity index (χ3v) is 6.19. The number of ether oxygens (including phenoxy) is 1. The zero-order chi connectivity index (χ0) is 25.8. The van der Waals surface area contributed by atoms with E-state index >= 15 is 0 Å². The van der Waals surface area contributed by atoms with Gasteiger partial charge in [0, 0.05) is 15.7 Å². The molecule has 0 atom stereocenters. The van der Waals surface area contributed by atoms with Crippen LogP contribution < -0.4 is 20.3 Å². The zero-order valence-corrected chi connectivity index (χ0v) is 21.9. The SMILES string of the molecule is Cc1ccc(C)c(NC(=O)COc2ccc(Br)cc2/C=C2/C(=O)NC(=S)N(c3ccccc3)C2=O)c1. The summed E-state index contributed by atoms with van der Waals surface area (Å²) in [4.78, 5) is 39.8.